The highest BCUT2D eigenvalue weighted by Crippen LogP contribution is 2.22. The fourth-order valence-corrected chi connectivity index (χ4v) is 2.70. The van der Waals surface area contributed by atoms with Crippen molar-refractivity contribution in [1.82, 2.24) is 10.4 Å². The molecule has 1 atom stereocenters. The molecule has 7 heteroatoms. The highest BCUT2D eigenvalue weighted by molar-refractivity contribution is 6.07. The van der Waals surface area contributed by atoms with Crippen molar-refractivity contribution >= 4 is 23.2 Å². The Hall–Kier alpha value is -3.22. The van der Waals surface area contributed by atoms with Crippen molar-refractivity contribution in [2.45, 2.75) is 19.8 Å². The van der Waals surface area contributed by atoms with Crippen molar-refractivity contribution in [2.75, 3.05) is 5.32 Å². The molecule has 2 heterocycles. The molecule has 0 radical (unpaired) electrons. The number of hydrazone groups is 1. The molecule has 1 aromatic heterocycles. The number of pyridine rings is 1. The molecule has 1 aliphatic heterocycles. The summed E-state index contributed by atoms with van der Waals surface area (Å²) < 4.78 is 0. The summed E-state index contributed by atoms with van der Waals surface area (Å²) >= 11 is 0. The minimum atomic E-state index is -0.487. The first kappa shape index (κ1) is 16.6. The van der Waals surface area contributed by atoms with Gasteiger partial charge in [0.05, 0.1) is 5.71 Å². The van der Waals surface area contributed by atoms with Gasteiger partial charge in [-0.2, -0.15) is 5.10 Å². The number of amides is 2. The van der Waals surface area contributed by atoms with Gasteiger partial charge in [-0.05, 0) is 36.2 Å². The average Bonchev–Trinajstić information content (AvgIpc) is 2.62. The van der Waals surface area contributed by atoms with Crippen LogP contribution in [0, 0.1) is 5.92 Å². The number of nitrogens with one attached hydrogen (secondary N) is 2. The van der Waals surface area contributed by atoms with Gasteiger partial charge in [0.2, 0.25) is 5.91 Å². The van der Waals surface area contributed by atoms with Crippen LogP contribution in [0.25, 0.3) is 0 Å². The molecule has 3 rings (SSSR count). The molecule has 1 unspecified atom stereocenters. The van der Waals surface area contributed by atoms with Crippen LogP contribution in [-0.2, 0) is 4.79 Å². The molecule has 0 saturated heterocycles. The van der Waals surface area contributed by atoms with E-state index in [-0.39, 0.29) is 23.3 Å². The van der Waals surface area contributed by atoms with E-state index in [1.165, 1.54) is 12.3 Å². The smallest absolute Gasteiger partial charge is 0.278 e. The Bertz CT molecular complexity index is 830. The van der Waals surface area contributed by atoms with E-state index in [0.29, 0.717) is 12.1 Å². The van der Waals surface area contributed by atoms with Crippen LogP contribution in [0.5, 0.6) is 5.75 Å². The largest absolute Gasteiger partial charge is 0.505 e. The van der Waals surface area contributed by atoms with E-state index in [0.717, 1.165) is 17.7 Å². The number of carbonyl (C=O) groups is 2. The van der Waals surface area contributed by atoms with Gasteiger partial charge in [-0.3, -0.25) is 9.59 Å². The second-order valence-corrected chi connectivity index (χ2v) is 5.74. The molecule has 25 heavy (non-hydrogen) atoms. The lowest BCUT2D eigenvalue weighted by molar-refractivity contribution is -0.122. The Balaban J connectivity index is 1.75. The van der Waals surface area contributed by atoms with Crippen molar-refractivity contribution < 1.29 is 14.7 Å². The maximum absolute atomic E-state index is 12.2. The number of nitrogens with zero attached hydrogens (tertiary/aromatic N) is 2. The molecule has 128 valence electrons. The van der Waals surface area contributed by atoms with Gasteiger partial charge in [0.15, 0.2) is 5.69 Å². The van der Waals surface area contributed by atoms with E-state index in [1.54, 1.807) is 18.2 Å². The molecular formula is C18H18N4O3. The van der Waals surface area contributed by atoms with Crippen molar-refractivity contribution in [3.8, 4) is 5.75 Å². The molecule has 2 aromatic rings. The number of hydrogen-bond acceptors (Lipinski definition) is 5. The highest BCUT2D eigenvalue weighted by Gasteiger charge is 2.24. The molecule has 0 bridgehead atoms. The monoisotopic (exact) mass is 338 g/mol. The zero-order chi connectivity index (χ0) is 17.8. The molecule has 3 N–H and O–H groups in total. The molecule has 1 aliphatic rings. The van der Waals surface area contributed by atoms with Gasteiger partial charge >= 0.3 is 0 Å². The number of aromatic hydroxyl groups is 1. The third-order valence-electron chi connectivity index (χ3n) is 4.05. The van der Waals surface area contributed by atoms with Crippen LogP contribution in [0.3, 0.4) is 0 Å². The van der Waals surface area contributed by atoms with Crippen molar-refractivity contribution in [1.29, 1.82) is 0 Å². The quantitative estimate of drug-likeness (QED) is 0.795. The van der Waals surface area contributed by atoms with Crippen LogP contribution >= 0.6 is 0 Å². The molecule has 7 nitrogen and oxygen atoms in total. The average molecular weight is 338 g/mol. The number of aromatic nitrogens is 1. The Morgan fingerprint density at radius 2 is 2.08 bits per heavy atom. The summed E-state index contributed by atoms with van der Waals surface area (Å²) in [6.45, 7) is 2.02. The summed E-state index contributed by atoms with van der Waals surface area (Å²) in [5.41, 5.74) is 4.79. The molecular weight excluding hydrogens is 320 g/mol. The molecule has 0 fully saturated rings. The van der Waals surface area contributed by atoms with E-state index >= 15 is 0 Å². The third kappa shape index (κ3) is 3.65. The first-order chi connectivity index (χ1) is 12.1. The van der Waals surface area contributed by atoms with Gasteiger partial charge in [0, 0.05) is 24.2 Å². The summed E-state index contributed by atoms with van der Waals surface area (Å²) in [6, 6.07) is 10.1. The molecule has 2 amide bonds. The van der Waals surface area contributed by atoms with Crippen LogP contribution in [0.4, 0.5) is 5.69 Å². The number of hydrogen-bond donors (Lipinski definition) is 3. The van der Waals surface area contributed by atoms with Crippen LogP contribution in [-0.4, -0.2) is 27.6 Å². The van der Waals surface area contributed by atoms with Crippen LogP contribution in [0.1, 0.15) is 35.8 Å². The Labute approximate surface area is 144 Å². The molecule has 0 spiro atoms. The first-order valence-corrected chi connectivity index (χ1v) is 8.00. The number of benzene rings is 1. The maximum Gasteiger partial charge on any atom is 0.278 e. The van der Waals surface area contributed by atoms with Crippen molar-refractivity contribution in [3.05, 3.63) is 53.9 Å². The molecule has 0 saturated carbocycles. The van der Waals surface area contributed by atoms with Gasteiger partial charge in [0.25, 0.3) is 5.91 Å². The van der Waals surface area contributed by atoms with Gasteiger partial charge in [0.1, 0.15) is 5.75 Å². The standard InChI is InChI=1S/C18H18N4O3/c1-2-11-10-15(24)21-22-16(11)12-5-7-13(8-6-12)20-18(25)17-14(23)4-3-9-19-17/h3-9,11,23H,2,10H2,1H3,(H,20,25)(H,21,24). The topological polar surface area (TPSA) is 104 Å². The first-order valence-electron chi connectivity index (χ1n) is 8.00. The predicted octanol–water partition coefficient (Wildman–Crippen LogP) is 2.29. The third-order valence-corrected chi connectivity index (χ3v) is 4.05. The normalized spacial score (nSPS) is 16.8. The highest BCUT2D eigenvalue weighted by atomic mass is 16.3. The minimum Gasteiger partial charge on any atom is -0.505 e. The van der Waals surface area contributed by atoms with Gasteiger partial charge in [-0.25, -0.2) is 10.4 Å². The van der Waals surface area contributed by atoms with Gasteiger partial charge < -0.3 is 10.4 Å². The van der Waals surface area contributed by atoms with Crippen LogP contribution in [0.15, 0.2) is 47.7 Å². The van der Waals surface area contributed by atoms with E-state index in [4.69, 9.17) is 0 Å². The molecule has 0 aliphatic carbocycles. The fraction of sp³-hybridized carbons (Fsp3) is 0.222. The lowest BCUT2D eigenvalue weighted by Gasteiger charge is -2.21. The molecule has 1 aromatic carbocycles. The second-order valence-electron chi connectivity index (χ2n) is 5.74. The van der Waals surface area contributed by atoms with Gasteiger partial charge in [-0.15, -0.1) is 0 Å². The zero-order valence-electron chi connectivity index (χ0n) is 13.7. The Morgan fingerprint density at radius 1 is 1.32 bits per heavy atom. The van der Waals surface area contributed by atoms with Crippen molar-refractivity contribution in [2.24, 2.45) is 11.0 Å². The minimum absolute atomic E-state index is 0.0306. The van der Waals surface area contributed by atoms with Gasteiger partial charge in [-0.1, -0.05) is 19.1 Å². The number of carbonyl (C=O) groups excluding carboxylic acids is 2. The fourth-order valence-electron chi connectivity index (χ4n) is 2.70. The second kappa shape index (κ2) is 7.12. The van der Waals surface area contributed by atoms with E-state index < -0.39 is 5.91 Å². The van der Waals surface area contributed by atoms with Crippen LogP contribution in [0.2, 0.25) is 0 Å². The summed E-state index contributed by atoms with van der Waals surface area (Å²) in [5.74, 6) is -0.649. The zero-order valence-corrected chi connectivity index (χ0v) is 13.7. The summed E-state index contributed by atoms with van der Waals surface area (Å²) in [5, 5.41) is 16.5. The Kier molecular flexibility index (Phi) is 4.74. The lowest BCUT2D eigenvalue weighted by atomic mass is 9.90. The van der Waals surface area contributed by atoms with Crippen LogP contribution < -0.4 is 10.7 Å². The van der Waals surface area contributed by atoms with Crippen molar-refractivity contribution in [3.63, 3.8) is 0 Å². The summed E-state index contributed by atoms with van der Waals surface area (Å²) in [4.78, 5) is 27.5. The van der Waals surface area contributed by atoms with E-state index in [9.17, 15) is 14.7 Å². The SMILES string of the molecule is CCC1CC(=O)NN=C1c1ccc(NC(=O)c2ncccc2O)cc1. The van der Waals surface area contributed by atoms with E-state index in [1.807, 2.05) is 19.1 Å². The predicted molar refractivity (Wildman–Crippen MR) is 93.4 cm³/mol. The summed E-state index contributed by atoms with van der Waals surface area (Å²) in [7, 11) is 0. The van der Waals surface area contributed by atoms with E-state index in [2.05, 4.69) is 20.8 Å². The maximum atomic E-state index is 12.2. The number of rotatable bonds is 4. The Morgan fingerprint density at radius 3 is 2.76 bits per heavy atom. The summed E-state index contributed by atoms with van der Waals surface area (Å²) in [6.07, 6.45) is 2.69. The number of anilines is 1. The lowest BCUT2D eigenvalue weighted by Crippen LogP contribution is -2.33.